The second kappa shape index (κ2) is 4.63. The molecule has 2 rings (SSSR count). The van der Waals surface area contributed by atoms with E-state index in [0.717, 1.165) is 31.6 Å². The largest absolute Gasteiger partial charge is 0.370 e. The van der Waals surface area contributed by atoms with Crippen LogP contribution in [-0.4, -0.2) is 21.5 Å². The summed E-state index contributed by atoms with van der Waals surface area (Å²) in [6.07, 6.45) is 3.43. The Kier molecular flexibility index (Phi) is 3.40. The SMILES string of the molecule is O=S(=O)(Cl)c1ccccc1N1CCCCC1. The summed E-state index contributed by atoms with van der Waals surface area (Å²) in [7, 11) is 1.78. The molecule has 1 fully saturated rings. The summed E-state index contributed by atoms with van der Waals surface area (Å²) in [5, 5.41) is 0. The van der Waals surface area contributed by atoms with Gasteiger partial charge in [-0.25, -0.2) is 8.42 Å². The lowest BCUT2D eigenvalue weighted by Crippen LogP contribution is -2.30. The molecule has 1 aliphatic heterocycles. The number of piperidine rings is 1. The second-order valence-electron chi connectivity index (χ2n) is 3.95. The highest BCUT2D eigenvalue weighted by Crippen LogP contribution is 2.29. The molecule has 0 spiro atoms. The van der Waals surface area contributed by atoms with E-state index in [2.05, 4.69) is 4.90 Å². The summed E-state index contributed by atoms with van der Waals surface area (Å²) >= 11 is 0. The third kappa shape index (κ3) is 2.50. The van der Waals surface area contributed by atoms with Crippen molar-refractivity contribution in [3.05, 3.63) is 24.3 Å². The molecule has 0 atom stereocenters. The van der Waals surface area contributed by atoms with Gasteiger partial charge in [-0.15, -0.1) is 0 Å². The summed E-state index contributed by atoms with van der Waals surface area (Å²) in [6, 6.07) is 6.92. The predicted molar refractivity (Wildman–Crippen MR) is 65.5 cm³/mol. The van der Waals surface area contributed by atoms with E-state index in [-0.39, 0.29) is 4.90 Å². The van der Waals surface area contributed by atoms with Gasteiger partial charge in [-0.1, -0.05) is 12.1 Å². The molecular weight excluding hydrogens is 246 g/mol. The van der Waals surface area contributed by atoms with E-state index in [0.29, 0.717) is 0 Å². The van der Waals surface area contributed by atoms with Crippen molar-refractivity contribution in [2.24, 2.45) is 0 Å². The van der Waals surface area contributed by atoms with Crippen LogP contribution in [-0.2, 0) is 9.05 Å². The average Bonchev–Trinajstić information content (AvgIpc) is 2.29. The van der Waals surface area contributed by atoms with Crippen molar-refractivity contribution in [2.75, 3.05) is 18.0 Å². The number of hydrogen-bond donors (Lipinski definition) is 0. The van der Waals surface area contributed by atoms with Crippen molar-refractivity contribution in [2.45, 2.75) is 24.2 Å². The Morgan fingerprint density at radius 2 is 1.69 bits per heavy atom. The summed E-state index contributed by atoms with van der Waals surface area (Å²) in [4.78, 5) is 2.32. The Morgan fingerprint density at radius 1 is 1.06 bits per heavy atom. The fraction of sp³-hybridized carbons (Fsp3) is 0.455. The number of hydrogen-bond acceptors (Lipinski definition) is 3. The molecule has 88 valence electrons. The highest BCUT2D eigenvalue weighted by molar-refractivity contribution is 8.13. The Bertz CT molecular complexity index is 467. The molecule has 0 unspecified atom stereocenters. The lowest BCUT2D eigenvalue weighted by Gasteiger charge is -2.29. The molecule has 0 bridgehead atoms. The summed E-state index contributed by atoms with van der Waals surface area (Å²) in [6.45, 7) is 1.81. The first kappa shape index (κ1) is 11.7. The van der Waals surface area contributed by atoms with E-state index >= 15 is 0 Å². The average molecular weight is 260 g/mol. The van der Waals surface area contributed by atoms with Gasteiger partial charge in [-0.2, -0.15) is 0 Å². The molecule has 3 nitrogen and oxygen atoms in total. The number of rotatable bonds is 2. The molecule has 1 saturated heterocycles. The van der Waals surface area contributed by atoms with Gasteiger partial charge in [0, 0.05) is 23.8 Å². The molecule has 0 aromatic heterocycles. The summed E-state index contributed by atoms with van der Waals surface area (Å²) in [5.41, 5.74) is 0.734. The van der Waals surface area contributed by atoms with Gasteiger partial charge in [0.15, 0.2) is 0 Å². The Morgan fingerprint density at radius 3 is 2.31 bits per heavy atom. The van der Waals surface area contributed by atoms with Gasteiger partial charge >= 0.3 is 0 Å². The van der Waals surface area contributed by atoms with E-state index < -0.39 is 9.05 Å². The molecule has 1 aromatic rings. The standard InChI is InChI=1S/C11H14ClNO2S/c12-16(14,15)11-7-3-2-6-10(11)13-8-4-1-5-9-13/h2-3,6-7H,1,4-5,8-9H2. The first-order chi connectivity index (χ1) is 7.59. The van der Waals surface area contributed by atoms with E-state index in [1.165, 1.54) is 6.42 Å². The molecule has 0 aliphatic carbocycles. The van der Waals surface area contributed by atoms with Crippen LogP contribution in [0.1, 0.15) is 19.3 Å². The number of anilines is 1. The predicted octanol–water partition coefficient (Wildman–Crippen LogP) is 2.60. The van der Waals surface area contributed by atoms with Gasteiger partial charge in [0.25, 0.3) is 9.05 Å². The fourth-order valence-electron chi connectivity index (χ4n) is 2.06. The highest BCUT2D eigenvalue weighted by Gasteiger charge is 2.20. The third-order valence-corrected chi connectivity index (χ3v) is 4.19. The van der Waals surface area contributed by atoms with Crippen molar-refractivity contribution in [3.8, 4) is 0 Å². The molecule has 1 aliphatic rings. The van der Waals surface area contributed by atoms with Gasteiger partial charge in [0.1, 0.15) is 4.90 Å². The number of benzene rings is 1. The van der Waals surface area contributed by atoms with Crippen LogP contribution in [0.4, 0.5) is 5.69 Å². The van der Waals surface area contributed by atoms with Gasteiger partial charge in [-0.05, 0) is 31.4 Å². The van der Waals surface area contributed by atoms with Crippen LogP contribution >= 0.6 is 10.7 Å². The summed E-state index contributed by atoms with van der Waals surface area (Å²) < 4.78 is 22.9. The minimum atomic E-state index is -3.65. The maximum absolute atomic E-state index is 11.4. The van der Waals surface area contributed by atoms with Crippen molar-refractivity contribution >= 4 is 25.4 Å². The molecule has 0 radical (unpaired) electrons. The van der Waals surface area contributed by atoms with E-state index in [9.17, 15) is 8.42 Å². The Labute approximate surface area is 100 Å². The van der Waals surface area contributed by atoms with Gasteiger partial charge in [-0.3, -0.25) is 0 Å². The minimum Gasteiger partial charge on any atom is -0.370 e. The van der Waals surface area contributed by atoms with E-state index in [1.54, 1.807) is 12.1 Å². The maximum Gasteiger partial charge on any atom is 0.263 e. The third-order valence-electron chi connectivity index (χ3n) is 2.82. The topological polar surface area (TPSA) is 37.4 Å². The van der Waals surface area contributed by atoms with E-state index in [4.69, 9.17) is 10.7 Å². The van der Waals surface area contributed by atoms with Crippen LogP contribution in [0, 0.1) is 0 Å². The Balaban J connectivity index is 2.40. The number of para-hydroxylation sites is 1. The van der Waals surface area contributed by atoms with Crippen molar-refractivity contribution in [1.29, 1.82) is 0 Å². The maximum atomic E-state index is 11.4. The first-order valence-corrected chi connectivity index (χ1v) is 7.68. The monoisotopic (exact) mass is 259 g/mol. The zero-order valence-corrected chi connectivity index (χ0v) is 10.5. The smallest absolute Gasteiger partial charge is 0.263 e. The zero-order valence-electron chi connectivity index (χ0n) is 8.89. The second-order valence-corrected chi connectivity index (χ2v) is 6.49. The molecule has 0 amide bonds. The molecule has 1 heterocycles. The lowest BCUT2D eigenvalue weighted by molar-refractivity contribution is 0.572. The van der Waals surface area contributed by atoms with E-state index in [1.807, 2.05) is 12.1 Å². The number of nitrogens with zero attached hydrogens (tertiary/aromatic N) is 1. The van der Waals surface area contributed by atoms with Crippen LogP contribution in [0.2, 0.25) is 0 Å². The van der Waals surface area contributed by atoms with Crippen LogP contribution in [0.3, 0.4) is 0 Å². The van der Waals surface area contributed by atoms with Gasteiger partial charge in [0.05, 0.1) is 5.69 Å². The number of halogens is 1. The zero-order chi connectivity index (χ0) is 11.6. The quantitative estimate of drug-likeness (QED) is 0.766. The van der Waals surface area contributed by atoms with Crippen molar-refractivity contribution < 1.29 is 8.42 Å². The molecular formula is C11H14ClNO2S. The van der Waals surface area contributed by atoms with Crippen molar-refractivity contribution in [1.82, 2.24) is 0 Å². The van der Waals surface area contributed by atoms with Crippen molar-refractivity contribution in [3.63, 3.8) is 0 Å². The van der Waals surface area contributed by atoms with Gasteiger partial charge in [0.2, 0.25) is 0 Å². The molecule has 5 heteroatoms. The van der Waals surface area contributed by atoms with Crippen LogP contribution in [0.15, 0.2) is 29.2 Å². The van der Waals surface area contributed by atoms with Crippen LogP contribution in [0.5, 0.6) is 0 Å². The molecule has 0 N–H and O–H groups in total. The minimum absolute atomic E-state index is 0.221. The lowest BCUT2D eigenvalue weighted by atomic mass is 10.1. The van der Waals surface area contributed by atoms with Crippen LogP contribution < -0.4 is 4.90 Å². The Hall–Kier alpha value is -0.740. The molecule has 1 aromatic carbocycles. The highest BCUT2D eigenvalue weighted by atomic mass is 35.7. The first-order valence-electron chi connectivity index (χ1n) is 5.38. The van der Waals surface area contributed by atoms with Crippen LogP contribution in [0.25, 0.3) is 0 Å². The molecule has 16 heavy (non-hydrogen) atoms. The normalized spacial score (nSPS) is 17.4. The summed E-state index contributed by atoms with van der Waals surface area (Å²) in [5.74, 6) is 0. The molecule has 0 saturated carbocycles. The fourth-order valence-corrected chi connectivity index (χ4v) is 3.14. The van der Waals surface area contributed by atoms with Gasteiger partial charge < -0.3 is 4.90 Å².